The molecule has 3 nitrogen and oxygen atoms in total. The summed E-state index contributed by atoms with van der Waals surface area (Å²) in [5, 5.41) is 0. The standard InChI is InChI=1S/C18H34N2O/c1-18(2,3)16(19)17(21)20(14-10-6-4-7-11-14)15-12-8-5-9-13-15/h14-16H,4-13,19H2,1-3H3/t16-/m1/s1. The predicted molar refractivity (Wildman–Crippen MR) is 88.0 cm³/mol. The first-order valence-corrected chi connectivity index (χ1v) is 8.99. The molecule has 2 N–H and O–H groups in total. The van der Waals surface area contributed by atoms with E-state index in [0.717, 1.165) is 0 Å². The fraction of sp³-hybridized carbons (Fsp3) is 0.944. The Balaban J connectivity index is 2.15. The van der Waals surface area contributed by atoms with Crippen molar-refractivity contribution in [1.29, 1.82) is 0 Å². The Labute approximate surface area is 130 Å². The van der Waals surface area contributed by atoms with Crippen LogP contribution < -0.4 is 5.73 Å². The fourth-order valence-electron chi connectivity index (χ4n) is 3.91. The number of nitrogens with zero attached hydrogens (tertiary/aromatic N) is 1. The van der Waals surface area contributed by atoms with Crippen LogP contribution in [0.3, 0.4) is 0 Å². The van der Waals surface area contributed by atoms with Gasteiger partial charge >= 0.3 is 0 Å². The summed E-state index contributed by atoms with van der Waals surface area (Å²) in [6.07, 6.45) is 12.5. The Morgan fingerprint density at radius 3 is 1.62 bits per heavy atom. The smallest absolute Gasteiger partial charge is 0.240 e. The van der Waals surface area contributed by atoms with Crippen molar-refractivity contribution in [1.82, 2.24) is 4.90 Å². The lowest BCUT2D eigenvalue weighted by Gasteiger charge is -2.44. The van der Waals surface area contributed by atoms with Gasteiger partial charge in [0.05, 0.1) is 6.04 Å². The Morgan fingerprint density at radius 1 is 0.905 bits per heavy atom. The quantitative estimate of drug-likeness (QED) is 0.859. The minimum absolute atomic E-state index is 0.154. The van der Waals surface area contributed by atoms with Gasteiger partial charge in [0.2, 0.25) is 5.91 Å². The molecule has 0 heterocycles. The molecule has 21 heavy (non-hydrogen) atoms. The van der Waals surface area contributed by atoms with Crippen LogP contribution in [0.15, 0.2) is 0 Å². The third-order valence-electron chi connectivity index (χ3n) is 5.39. The molecule has 2 fully saturated rings. The lowest BCUT2D eigenvalue weighted by atomic mass is 9.83. The van der Waals surface area contributed by atoms with Gasteiger partial charge in [0.25, 0.3) is 0 Å². The molecule has 2 aliphatic rings. The molecule has 0 aromatic rings. The number of carbonyl (C=O) groups excluding carboxylic acids is 1. The van der Waals surface area contributed by atoms with Gasteiger partial charge in [-0.15, -0.1) is 0 Å². The molecule has 0 radical (unpaired) electrons. The van der Waals surface area contributed by atoms with E-state index in [2.05, 4.69) is 25.7 Å². The fourth-order valence-corrected chi connectivity index (χ4v) is 3.91. The normalized spacial score (nSPS) is 23.8. The zero-order valence-electron chi connectivity index (χ0n) is 14.2. The molecule has 2 rings (SSSR count). The van der Waals surface area contributed by atoms with E-state index in [-0.39, 0.29) is 17.4 Å². The van der Waals surface area contributed by atoms with Crippen molar-refractivity contribution in [3.8, 4) is 0 Å². The maximum atomic E-state index is 13.1. The molecule has 2 aliphatic carbocycles. The molecule has 0 aromatic carbocycles. The number of carbonyl (C=O) groups is 1. The summed E-state index contributed by atoms with van der Waals surface area (Å²) >= 11 is 0. The molecule has 3 heteroatoms. The van der Waals surface area contributed by atoms with E-state index in [0.29, 0.717) is 12.1 Å². The predicted octanol–water partition coefficient (Wildman–Crippen LogP) is 3.85. The van der Waals surface area contributed by atoms with E-state index in [9.17, 15) is 4.79 Å². The zero-order chi connectivity index (χ0) is 15.5. The van der Waals surface area contributed by atoms with Crippen molar-refractivity contribution < 1.29 is 4.79 Å². The average molecular weight is 294 g/mol. The van der Waals surface area contributed by atoms with Crippen LogP contribution in [0.2, 0.25) is 0 Å². The van der Waals surface area contributed by atoms with Crippen molar-refractivity contribution in [2.24, 2.45) is 11.1 Å². The molecule has 0 unspecified atom stereocenters. The highest BCUT2D eigenvalue weighted by Gasteiger charge is 2.38. The summed E-state index contributed by atoms with van der Waals surface area (Å²) in [5.41, 5.74) is 6.16. The lowest BCUT2D eigenvalue weighted by Crippen LogP contribution is -2.57. The third-order valence-corrected chi connectivity index (χ3v) is 5.39. The number of nitrogens with two attached hydrogens (primary N) is 1. The lowest BCUT2D eigenvalue weighted by molar-refractivity contribution is -0.141. The van der Waals surface area contributed by atoms with Crippen molar-refractivity contribution in [3.63, 3.8) is 0 Å². The van der Waals surface area contributed by atoms with Crippen LogP contribution in [0.1, 0.15) is 85.0 Å². The van der Waals surface area contributed by atoms with Gasteiger partial charge in [-0.05, 0) is 31.1 Å². The van der Waals surface area contributed by atoms with E-state index >= 15 is 0 Å². The van der Waals surface area contributed by atoms with E-state index < -0.39 is 0 Å². The first-order valence-electron chi connectivity index (χ1n) is 8.99. The van der Waals surface area contributed by atoms with Crippen molar-refractivity contribution in [2.45, 2.75) is 103 Å². The Bertz CT molecular complexity index is 318. The second-order valence-corrected chi connectivity index (χ2v) is 8.17. The van der Waals surface area contributed by atoms with Gasteiger partial charge in [-0.2, -0.15) is 0 Å². The van der Waals surface area contributed by atoms with Gasteiger partial charge < -0.3 is 10.6 Å². The van der Waals surface area contributed by atoms with Gasteiger partial charge in [0, 0.05) is 12.1 Å². The zero-order valence-corrected chi connectivity index (χ0v) is 14.2. The highest BCUT2D eigenvalue weighted by Crippen LogP contribution is 2.32. The van der Waals surface area contributed by atoms with Gasteiger partial charge in [0.1, 0.15) is 0 Å². The topological polar surface area (TPSA) is 46.3 Å². The maximum absolute atomic E-state index is 13.1. The van der Waals surface area contributed by atoms with Crippen LogP contribution in [-0.4, -0.2) is 28.9 Å². The van der Waals surface area contributed by atoms with E-state index in [1.807, 2.05) is 0 Å². The molecule has 0 saturated heterocycles. The summed E-state index contributed by atoms with van der Waals surface area (Å²) in [4.78, 5) is 15.3. The second-order valence-electron chi connectivity index (χ2n) is 8.17. The second kappa shape index (κ2) is 7.13. The molecule has 1 amide bonds. The molecule has 0 aromatic heterocycles. The first kappa shape index (κ1) is 16.8. The van der Waals surface area contributed by atoms with E-state index in [1.54, 1.807) is 0 Å². The third kappa shape index (κ3) is 4.21. The molecular weight excluding hydrogens is 260 g/mol. The van der Waals surface area contributed by atoms with Gasteiger partial charge in [0.15, 0.2) is 0 Å². The molecule has 2 saturated carbocycles. The monoisotopic (exact) mass is 294 g/mol. The Hall–Kier alpha value is -0.570. The van der Waals surface area contributed by atoms with E-state index in [1.165, 1.54) is 64.2 Å². The van der Waals surface area contributed by atoms with Gasteiger partial charge in [-0.3, -0.25) is 4.79 Å². The van der Waals surface area contributed by atoms with Crippen molar-refractivity contribution in [3.05, 3.63) is 0 Å². The summed E-state index contributed by atoms with van der Waals surface area (Å²) in [6.45, 7) is 6.24. The van der Waals surface area contributed by atoms with E-state index in [4.69, 9.17) is 5.73 Å². The summed E-state index contributed by atoms with van der Waals surface area (Å²) in [6, 6.07) is 0.520. The summed E-state index contributed by atoms with van der Waals surface area (Å²) < 4.78 is 0. The highest BCUT2D eigenvalue weighted by molar-refractivity contribution is 5.83. The molecule has 0 spiro atoms. The molecule has 0 aliphatic heterocycles. The number of hydrogen-bond donors (Lipinski definition) is 1. The SMILES string of the molecule is CC(C)(C)[C@H](N)C(=O)N(C1CCCCC1)C1CCCCC1. The van der Waals surface area contributed by atoms with Crippen LogP contribution in [0, 0.1) is 5.41 Å². The molecule has 0 bridgehead atoms. The summed E-state index contributed by atoms with van der Waals surface area (Å²) in [5.74, 6) is 0.210. The number of hydrogen-bond acceptors (Lipinski definition) is 2. The van der Waals surface area contributed by atoms with Gasteiger partial charge in [-0.1, -0.05) is 59.3 Å². The first-order chi connectivity index (χ1) is 9.91. The van der Waals surface area contributed by atoms with Crippen LogP contribution in [0.4, 0.5) is 0 Å². The highest BCUT2D eigenvalue weighted by atomic mass is 16.2. The minimum Gasteiger partial charge on any atom is -0.335 e. The minimum atomic E-state index is -0.374. The Morgan fingerprint density at radius 2 is 1.29 bits per heavy atom. The van der Waals surface area contributed by atoms with Crippen molar-refractivity contribution in [2.75, 3.05) is 0 Å². The van der Waals surface area contributed by atoms with Crippen LogP contribution in [0.5, 0.6) is 0 Å². The average Bonchev–Trinajstić information content (AvgIpc) is 2.48. The number of amides is 1. The van der Waals surface area contributed by atoms with Crippen LogP contribution in [0.25, 0.3) is 0 Å². The largest absolute Gasteiger partial charge is 0.335 e. The maximum Gasteiger partial charge on any atom is 0.240 e. The van der Waals surface area contributed by atoms with Crippen molar-refractivity contribution >= 4 is 5.91 Å². The van der Waals surface area contributed by atoms with Gasteiger partial charge in [-0.25, -0.2) is 0 Å². The number of rotatable bonds is 3. The molecular formula is C18H34N2O. The summed E-state index contributed by atoms with van der Waals surface area (Å²) in [7, 11) is 0. The molecule has 1 atom stereocenters. The van der Waals surface area contributed by atoms with Crippen LogP contribution >= 0.6 is 0 Å². The molecule has 122 valence electrons. The van der Waals surface area contributed by atoms with Crippen LogP contribution in [-0.2, 0) is 4.79 Å². The Kier molecular flexibility index (Phi) is 5.70.